The standard InChI is InChI=1S/C14H18N2O/c1-2-13-11-14(17)16(15-13)10-6-9-12-7-4-3-5-8-12/h3-5,7-8H,2,6,9-11H2,1H3. The Morgan fingerprint density at radius 3 is 2.71 bits per heavy atom. The van der Waals surface area contributed by atoms with Crippen molar-refractivity contribution >= 4 is 11.6 Å². The van der Waals surface area contributed by atoms with Crippen LogP contribution in [-0.4, -0.2) is 23.2 Å². The molecular formula is C14H18N2O. The summed E-state index contributed by atoms with van der Waals surface area (Å²) in [7, 11) is 0. The summed E-state index contributed by atoms with van der Waals surface area (Å²) in [4.78, 5) is 11.6. The zero-order valence-corrected chi connectivity index (χ0v) is 10.2. The molecule has 0 bridgehead atoms. The quantitative estimate of drug-likeness (QED) is 0.765. The van der Waals surface area contributed by atoms with E-state index in [4.69, 9.17) is 0 Å². The molecule has 0 saturated heterocycles. The summed E-state index contributed by atoms with van der Waals surface area (Å²) in [5, 5.41) is 5.95. The lowest BCUT2D eigenvalue weighted by molar-refractivity contribution is -0.128. The smallest absolute Gasteiger partial charge is 0.248 e. The second-order valence-corrected chi connectivity index (χ2v) is 4.30. The summed E-state index contributed by atoms with van der Waals surface area (Å²) >= 11 is 0. The van der Waals surface area contributed by atoms with Crippen LogP contribution in [0.25, 0.3) is 0 Å². The van der Waals surface area contributed by atoms with E-state index in [0.29, 0.717) is 6.42 Å². The van der Waals surface area contributed by atoms with E-state index in [1.54, 1.807) is 5.01 Å². The van der Waals surface area contributed by atoms with E-state index >= 15 is 0 Å². The molecule has 1 aromatic rings. The highest BCUT2D eigenvalue weighted by molar-refractivity contribution is 6.04. The highest BCUT2D eigenvalue weighted by Crippen LogP contribution is 2.12. The van der Waals surface area contributed by atoms with Crippen molar-refractivity contribution in [3.05, 3.63) is 35.9 Å². The number of hydrazone groups is 1. The molecule has 0 atom stereocenters. The molecule has 17 heavy (non-hydrogen) atoms. The van der Waals surface area contributed by atoms with Crippen molar-refractivity contribution in [1.82, 2.24) is 5.01 Å². The van der Waals surface area contributed by atoms with Crippen LogP contribution < -0.4 is 0 Å². The second-order valence-electron chi connectivity index (χ2n) is 4.30. The van der Waals surface area contributed by atoms with E-state index in [1.807, 2.05) is 25.1 Å². The molecular weight excluding hydrogens is 212 g/mol. The zero-order valence-electron chi connectivity index (χ0n) is 10.2. The molecule has 1 aliphatic rings. The maximum Gasteiger partial charge on any atom is 0.248 e. The van der Waals surface area contributed by atoms with Crippen LogP contribution in [-0.2, 0) is 11.2 Å². The van der Waals surface area contributed by atoms with Crippen molar-refractivity contribution in [3.63, 3.8) is 0 Å². The van der Waals surface area contributed by atoms with Gasteiger partial charge in [-0.3, -0.25) is 4.79 Å². The van der Waals surface area contributed by atoms with Gasteiger partial charge in [0, 0.05) is 12.3 Å². The molecule has 1 amide bonds. The number of amides is 1. The third-order valence-electron chi connectivity index (χ3n) is 2.99. The van der Waals surface area contributed by atoms with Crippen LogP contribution in [0.15, 0.2) is 35.4 Å². The lowest BCUT2D eigenvalue weighted by Gasteiger charge is -2.11. The first-order valence-electron chi connectivity index (χ1n) is 6.20. The third kappa shape index (κ3) is 3.16. The summed E-state index contributed by atoms with van der Waals surface area (Å²) in [6, 6.07) is 10.3. The minimum atomic E-state index is 0.148. The fourth-order valence-corrected chi connectivity index (χ4v) is 1.98. The highest BCUT2D eigenvalue weighted by atomic mass is 16.2. The third-order valence-corrected chi connectivity index (χ3v) is 2.99. The molecule has 0 spiro atoms. The van der Waals surface area contributed by atoms with Gasteiger partial charge in [-0.1, -0.05) is 37.3 Å². The summed E-state index contributed by atoms with van der Waals surface area (Å²) in [5.41, 5.74) is 2.33. The molecule has 0 N–H and O–H groups in total. The van der Waals surface area contributed by atoms with Gasteiger partial charge in [0.05, 0.1) is 6.42 Å². The molecule has 0 fully saturated rings. The fraction of sp³-hybridized carbons (Fsp3) is 0.429. The van der Waals surface area contributed by atoms with Crippen molar-refractivity contribution in [1.29, 1.82) is 0 Å². The first-order valence-corrected chi connectivity index (χ1v) is 6.20. The number of hydrogen-bond acceptors (Lipinski definition) is 2. The number of aryl methyl sites for hydroxylation is 1. The molecule has 3 nitrogen and oxygen atoms in total. The van der Waals surface area contributed by atoms with Gasteiger partial charge in [0.25, 0.3) is 0 Å². The highest BCUT2D eigenvalue weighted by Gasteiger charge is 2.21. The van der Waals surface area contributed by atoms with Crippen molar-refractivity contribution < 1.29 is 4.79 Å². The average molecular weight is 230 g/mol. The summed E-state index contributed by atoms with van der Waals surface area (Å²) in [5.74, 6) is 0.148. The molecule has 1 aromatic carbocycles. The average Bonchev–Trinajstić information content (AvgIpc) is 2.72. The normalized spacial score (nSPS) is 15.2. The topological polar surface area (TPSA) is 32.7 Å². The molecule has 0 saturated carbocycles. The summed E-state index contributed by atoms with van der Waals surface area (Å²) in [6.07, 6.45) is 3.36. The molecule has 0 unspecified atom stereocenters. The van der Waals surface area contributed by atoms with E-state index in [0.717, 1.165) is 31.5 Å². The molecule has 0 aliphatic carbocycles. The molecule has 1 aliphatic heterocycles. The Morgan fingerprint density at radius 1 is 1.29 bits per heavy atom. The fourth-order valence-electron chi connectivity index (χ4n) is 1.98. The number of rotatable bonds is 5. The predicted octanol–water partition coefficient (Wildman–Crippen LogP) is 2.62. The van der Waals surface area contributed by atoms with Crippen molar-refractivity contribution in [2.45, 2.75) is 32.6 Å². The number of carbonyl (C=O) groups excluding carboxylic acids is 1. The van der Waals surface area contributed by atoms with Gasteiger partial charge in [0.1, 0.15) is 0 Å². The molecule has 1 heterocycles. The van der Waals surface area contributed by atoms with Crippen LogP contribution in [0.2, 0.25) is 0 Å². The molecule has 3 heteroatoms. The Labute approximate surface area is 102 Å². The van der Waals surface area contributed by atoms with Gasteiger partial charge in [0.2, 0.25) is 5.91 Å². The minimum absolute atomic E-state index is 0.148. The number of nitrogens with zero attached hydrogens (tertiary/aromatic N) is 2. The van der Waals surface area contributed by atoms with Crippen LogP contribution >= 0.6 is 0 Å². The first-order chi connectivity index (χ1) is 8.29. The number of hydrogen-bond donors (Lipinski definition) is 0. The zero-order chi connectivity index (χ0) is 12.1. The van der Waals surface area contributed by atoms with Gasteiger partial charge in [-0.15, -0.1) is 0 Å². The van der Waals surface area contributed by atoms with Crippen molar-refractivity contribution in [3.8, 4) is 0 Å². The Kier molecular flexibility index (Phi) is 3.91. The molecule has 0 aromatic heterocycles. The summed E-state index contributed by atoms with van der Waals surface area (Å²) < 4.78 is 0. The van der Waals surface area contributed by atoms with Gasteiger partial charge in [-0.2, -0.15) is 5.10 Å². The van der Waals surface area contributed by atoms with Crippen LogP contribution in [0.5, 0.6) is 0 Å². The Morgan fingerprint density at radius 2 is 2.06 bits per heavy atom. The van der Waals surface area contributed by atoms with Crippen molar-refractivity contribution in [2.24, 2.45) is 5.10 Å². The van der Waals surface area contributed by atoms with E-state index in [9.17, 15) is 4.79 Å². The van der Waals surface area contributed by atoms with Crippen molar-refractivity contribution in [2.75, 3.05) is 6.54 Å². The maximum atomic E-state index is 11.6. The van der Waals surface area contributed by atoms with Gasteiger partial charge >= 0.3 is 0 Å². The molecule has 0 radical (unpaired) electrons. The Hall–Kier alpha value is -1.64. The van der Waals surface area contributed by atoms with E-state index in [2.05, 4.69) is 17.2 Å². The van der Waals surface area contributed by atoms with E-state index in [1.165, 1.54) is 5.56 Å². The van der Waals surface area contributed by atoms with E-state index in [-0.39, 0.29) is 5.91 Å². The van der Waals surface area contributed by atoms with Gasteiger partial charge < -0.3 is 0 Å². The van der Waals surface area contributed by atoms with Crippen LogP contribution in [0, 0.1) is 0 Å². The first kappa shape index (κ1) is 11.8. The van der Waals surface area contributed by atoms with Gasteiger partial charge in [-0.25, -0.2) is 5.01 Å². The lowest BCUT2D eigenvalue weighted by atomic mass is 10.1. The maximum absolute atomic E-state index is 11.6. The van der Waals surface area contributed by atoms with Crippen LogP contribution in [0.1, 0.15) is 31.7 Å². The van der Waals surface area contributed by atoms with Crippen LogP contribution in [0.4, 0.5) is 0 Å². The number of benzene rings is 1. The SMILES string of the molecule is CCC1=NN(CCCc2ccccc2)C(=O)C1. The Bertz CT molecular complexity index is 411. The van der Waals surface area contributed by atoms with Gasteiger partial charge in [-0.05, 0) is 24.8 Å². The minimum Gasteiger partial charge on any atom is -0.273 e. The number of carbonyl (C=O) groups is 1. The second kappa shape index (κ2) is 5.62. The largest absolute Gasteiger partial charge is 0.273 e. The van der Waals surface area contributed by atoms with E-state index < -0.39 is 0 Å². The van der Waals surface area contributed by atoms with Gasteiger partial charge in [0.15, 0.2) is 0 Å². The lowest BCUT2D eigenvalue weighted by Crippen LogP contribution is -2.22. The molecule has 2 rings (SSSR count). The predicted molar refractivity (Wildman–Crippen MR) is 68.8 cm³/mol. The monoisotopic (exact) mass is 230 g/mol. The summed E-state index contributed by atoms with van der Waals surface area (Å²) in [6.45, 7) is 2.77. The molecule has 90 valence electrons. The van der Waals surface area contributed by atoms with Crippen LogP contribution in [0.3, 0.4) is 0 Å². The Balaban J connectivity index is 1.79.